The third-order valence-electron chi connectivity index (χ3n) is 5.15. The zero-order valence-electron chi connectivity index (χ0n) is 13.3. The average Bonchev–Trinajstić information content (AvgIpc) is 2.57. The van der Waals surface area contributed by atoms with Gasteiger partial charge in [0.25, 0.3) is 0 Å². The van der Waals surface area contributed by atoms with E-state index in [0.717, 1.165) is 5.92 Å². The van der Waals surface area contributed by atoms with Crippen molar-refractivity contribution in [2.75, 3.05) is 44.7 Å². The lowest BCUT2D eigenvalue weighted by atomic mass is 9.96. The third kappa shape index (κ3) is 3.98. The van der Waals surface area contributed by atoms with Crippen LogP contribution >= 0.6 is 0 Å². The molecule has 0 saturated carbocycles. The molecule has 3 nitrogen and oxygen atoms in total. The minimum absolute atomic E-state index is 0.717. The van der Waals surface area contributed by atoms with E-state index in [0.29, 0.717) is 6.04 Å². The molecule has 116 valence electrons. The molecule has 1 atom stereocenters. The lowest BCUT2D eigenvalue weighted by Crippen LogP contribution is -2.48. The number of nitrogens with zero attached hydrogens (tertiary/aromatic N) is 2. The van der Waals surface area contributed by atoms with Crippen LogP contribution in [0.3, 0.4) is 0 Å². The van der Waals surface area contributed by atoms with Gasteiger partial charge in [0.15, 0.2) is 0 Å². The van der Waals surface area contributed by atoms with Gasteiger partial charge in [0.1, 0.15) is 0 Å². The van der Waals surface area contributed by atoms with Crippen LogP contribution in [0.25, 0.3) is 0 Å². The highest BCUT2D eigenvalue weighted by Crippen LogP contribution is 2.23. The molecule has 2 saturated heterocycles. The summed E-state index contributed by atoms with van der Waals surface area (Å²) in [6, 6.07) is 11.6. The van der Waals surface area contributed by atoms with Crippen molar-refractivity contribution < 1.29 is 0 Å². The van der Waals surface area contributed by atoms with Crippen molar-refractivity contribution >= 4 is 5.69 Å². The Bertz CT molecular complexity index is 414. The summed E-state index contributed by atoms with van der Waals surface area (Å²) >= 11 is 0. The predicted molar refractivity (Wildman–Crippen MR) is 89.9 cm³/mol. The number of nitrogens with one attached hydrogen (secondary N) is 1. The van der Waals surface area contributed by atoms with Gasteiger partial charge in [0.2, 0.25) is 0 Å². The lowest BCUT2D eigenvalue weighted by molar-refractivity contribution is 0.170. The van der Waals surface area contributed by atoms with E-state index in [1.54, 1.807) is 0 Å². The molecule has 0 aromatic heterocycles. The maximum atomic E-state index is 3.47. The number of benzene rings is 1. The van der Waals surface area contributed by atoms with E-state index in [2.05, 4.69) is 52.5 Å². The van der Waals surface area contributed by atoms with Gasteiger partial charge in [0, 0.05) is 31.4 Å². The summed E-state index contributed by atoms with van der Waals surface area (Å²) in [5.74, 6) is 0.892. The highest BCUT2D eigenvalue weighted by atomic mass is 15.2. The van der Waals surface area contributed by atoms with Gasteiger partial charge in [-0.25, -0.2) is 0 Å². The third-order valence-corrected chi connectivity index (χ3v) is 5.15. The first-order valence-electron chi connectivity index (χ1n) is 8.54. The quantitative estimate of drug-likeness (QED) is 0.918. The van der Waals surface area contributed by atoms with Gasteiger partial charge < -0.3 is 15.1 Å². The van der Waals surface area contributed by atoms with E-state index < -0.39 is 0 Å². The molecule has 2 fully saturated rings. The van der Waals surface area contributed by atoms with E-state index in [1.807, 2.05) is 0 Å². The van der Waals surface area contributed by atoms with Crippen molar-refractivity contribution in [3.05, 3.63) is 30.3 Å². The molecule has 21 heavy (non-hydrogen) atoms. The van der Waals surface area contributed by atoms with Crippen LogP contribution in [0.5, 0.6) is 0 Å². The van der Waals surface area contributed by atoms with Gasteiger partial charge in [0.05, 0.1) is 0 Å². The minimum Gasteiger partial charge on any atom is -0.370 e. The summed E-state index contributed by atoms with van der Waals surface area (Å²) in [5, 5.41) is 3.47. The Morgan fingerprint density at radius 2 is 1.90 bits per heavy atom. The van der Waals surface area contributed by atoms with Crippen molar-refractivity contribution in [2.24, 2.45) is 5.92 Å². The molecular formula is C18H29N3. The normalized spacial score (nSPS) is 24.5. The van der Waals surface area contributed by atoms with Gasteiger partial charge in [-0.3, -0.25) is 0 Å². The fourth-order valence-electron chi connectivity index (χ4n) is 3.81. The highest BCUT2D eigenvalue weighted by molar-refractivity contribution is 5.46. The summed E-state index contributed by atoms with van der Waals surface area (Å²) in [6.45, 7) is 6.08. The van der Waals surface area contributed by atoms with Crippen molar-refractivity contribution in [1.82, 2.24) is 10.2 Å². The molecule has 0 amide bonds. The fraction of sp³-hybridized carbons (Fsp3) is 0.667. The summed E-state index contributed by atoms with van der Waals surface area (Å²) in [6.07, 6.45) is 5.36. The fourth-order valence-corrected chi connectivity index (χ4v) is 3.81. The molecule has 1 aromatic carbocycles. The minimum atomic E-state index is 0.717. The van der Waals surface area contributed by atoms with Crippen LogP contribution in [0.15, 0.2) is 30.3 Å². The Morgan fingerprint density at radius 3 is 2.67 bits per heavy atom. The first-order valence-corrected chi connectivity index (χ1v) is 8.54. The lowest BCUT2D eigenvalue weighted by Gasteiger charge is -2.40. The second-order valence-corrected chi connectivity index (χ2v) is 6.71. The number of likely N-dealkylation sites (N-methyl/N-ethyl adjacent to an activating group) is 1. The van der Waals surface area contributed by atoms with E-state index in [1.165, 1.54) is 64.1 Å². The van der Waals surface area contributed by atoms with Crippen LogP contribution in [0.2, 0.25) is 0 Å². The largest absolute Gasteiger partial charge is 0.370 e. The molecule has 2 heterocycles. The number of piperidine rings is 2. The molecule has 2 aliphatic heterocycles. The molecule has 0 bridgehead atoms. The Labute approximate surface area is 129 Å². The molecule has 3 heteroatoms. The standard InChI is InChI=1S/C18H29N3/c1-20(14-16-9-11-19-12-10-16)18-8-5-13-21(15-18)17-6-3-2-4-7-17/h2-4,6-7,16,18-19H,5,8-15H2,1H3. The van der Waals surface area contributed by atoms with E-state index >= 15 is 0 Å². The Hall–Kier alpha value is -1.06. The van der Waals surface area contributed by atoms with Crippen LogP contribution in [-0.2, 0) is 0 Å². The molecule has 0 aliphatic carbocycles. The predicted octanol–water partition coefficient (Wildman–Crippen LogP) is 2.59. The van der Waals surface area contributed by atoms with E-state index in [4.69, 9.17) is 0 Å². The number of hydrogen-bond acceptors (Lipinski definition) is 3. The Balaban J connectivity index is 1.55. The maximum absolute atomic E-state index is 3.47. The van der Waals surface area contributed by atoms with Crippen LogP contribution in [-0.4, -0.2) is 50.7 Å². The zero-order valence-corrected chi connectivity index (χ0v) is 13.3. The molecule has 2 aliphatic rings. The van der Waals surface area contributed by atoms with E-state index in [9.17, 15) is 0 Å². The Morgan fingerprint density at radius 1 is 1.14 bits per heavy atom. The summed E-state index contributed by atoms with van der Waals surface area (Å²) in [7, 11) is 2.33. The maximum Gasteiger partial charge on any atom is 0.0366 e. The van der Waals surface area contributed by atoms with Crippen molar-refractivity contribution in [3.63, 3.8) is 0 Å². The van der Waals surface area contributed by atoms with Crippen molar-refractivity contribution in [2.45, 2.75) is 31.7 Å². The monoisotopic (exact) mass is 287 g/mol. The smallest absolute Gasteiger partial charge is 0.0366 e. The second kappa shape index (κ2) is 7.28. The van der Waals surface area contributed by atoms with Gasteiger partial charge in [-0.05, 0) is 63.9 Å². The number of para-hydroxylation sites is 1. The molecule has 1 unspecified atom stereocenters. The van der Waals surface area contributed by atoms with Crippen LogP contribution < -0.4 is 10.2 Å². The number of rotatable bonds is 4. The van der Waals surface area contributed by atoms with Crippen LogP contribution in [0.4, 0.5) is 5.69 Å². The second-order valence-electron chi connectivity index (χ2n) is 6.71. The molecule has 3 rings (SSSR count). The summed E-state index contributed by atoms with van der Waals surface area (Å²) in [4.78, 5) is 5.19. The average molecular weight is 287 g/mol. The number of hydrogen-bond donors (Lipinski definition) is 1. The van der Waals surface area contributed by atoms with Crippen LogP contribution in [0, 0.1) is 5.92 Å². The summed E-state index contributed by atoms with van der Waals surface area (Å²) < 4.78 is 0. The first kappa shape index (κ1) is 14.9. The molecule has 0 radical (unpaired) electrons. The van der Waals surface area contributed by atoms with Gasteiger partial charge in [-0.2, -0.15) is 0 Å². The molecule has 1 N–H and O–H groups in total. The number of anilines is 1. The van der Waals surface area contributed by atoms with Crippen molar-refractivity contribution in [1.29, 1.82) is 0 Å². The SMILES string of the molecule is CN(CC1CCNCC1)C1CCCN(c2ccccc2)C1. The van der Waals surface area contributed by atoms with Gasteiger partial charge >= 0.3 is 0 Å². The Kier molecular flexibility index (Phi) is 5.15. The highest BCUT2D eigenvalue weighted by Gasteiger charge is 2.25. The first-order chi connectivity index (χ1) is 10.3. The molecule has 0 spiro atoms. The molecular weight excluding hydrogens is 258 g/mol. The topological polar surface area (TPSA) is 18.5 Å². The van der Waals surface area contributed by atoms with Gasteiger partial charge in [-0.15, -0.1) is 0 Å². The van der Waals surface area contributed by atoms with Gasteiger partial charge in [-0.1, -0.05) is 18.2 Å². The molecule has 1 aromatic rings. The van der Waals surface area contributed by atoms with Crippen molar-refractivity contribution in [3.8, 4) is 0 Å². The summed E-state index contributed by atoms with van der Waals surface area (Å²) in [5.41, 5.74) is 1.39. The van der Waals surface area contributed by atoms with E-state index in [-0.39, 0.29) is 0 Å². The zero-order chi connectivity index (χ0) is 14.5. The van der Waals surface area contributed by atoms with Crippen LogP contribution in [0.1, 0.15) is 25.7 Å².